The smallest absolute Gasteiger partial charge is 0.248 e. The lowest BCUT2D eigenvalue weighted by molar-refractivity contribution is 0.1000. The minimum atomic E-state index is -0.376. The minimum absolute atomic E-state index is 0.376. The van der Waals surface area contributed by atoms with E-state index in [2.05, 4.69) is 11.9 Å². The Balaban J connectivity index is 2.38. The van der Waals surface area contributed by atoms with Crippen molar-refractivity contribution in [2.45, 2.75) is 13.5 Å². The first kappa shape index (κ1) is 14.8. The van der Waals surface area contributed by atoms with Gasteiger partial charge in [0.2, 0.25) is 5.91 Å². The number of rotatable bonds is 8. The van der Waals surface area contributed by atoms with Gasteiger partial charge >= 0.3 is 0 Å². The van der Waals surface area contributed by atoms with Crippen LogP contribution in [0.25, 0.3) is 0 Å². The molecule has 1 aromatic carbocycles. The molecule has 1 rings (SSSR count). The number of hydrogen-bond donors (Lipinski definition) is 2. The van der Waals surface area contributed by atoms with Gasteiger partial charge in [-0.25, -0.2) is 0 Å². The van der Waals surface area contributed by atoms with Crippen LogP contribution in [0.3, 0.4) is 0 Å². The maximum Gasteiger partial charge on any atom is 0.248 e. The average molecular weight is 264 g/mol. The molecule has 0 radical (unpaired) electrons. The molecular formula is C14H20N2OS. The van der Waals surface area contributed by atoms with Crippen molar-refractivity contribution in [1.29, 1.82) is 0 Å². The Bertz CT molecular complexity index is 418. The van der Waals surface area contributed by atoms with Gasteiger partial charge in [-0.2, -0.15) is 11.8 Å². The van der Waals surface area contributed by atoms with Gasteiger partial charge in [0.25, 0.3) is 0 Å². The highest BCUT2D eigenvalue weighted by Gasteiger charge is 2.03. The summed E-state index contributed by atoms with van der Waals surface area (Å²) in [6, 6.07) is 5.57. The molecule has 0 aliphatic carbocycles. The molecule has 0 saturated heterocycles. The molecule has 0 bridgehead atoms. The van der Waals surface area contributed by atoms with Gasteiger partial charge in [-0.3, -0.25) is 4.79 Å². The van der Waals surface area contributed by atoms with E-state index in [0.717, 1.165) is 30.2 Å². The normalized spacial score (nSPS) is 10.3. The fourth-order valence-electron chi connectivity index (χ4n) is 1.58. The topological polar surface area (TPSA) is 55.1 Å². The van der Waals surface area contributed by atoms with E-state index in [-0.39, 0.29) is 5.91 Å². The molecule has 3 N–H and O–H groups in total. The quantitative estimate of drug-likeness (QED) is 0.558. The summed E-state index contributed by atoms with van der Waals surface area (Å²) < 4.78 is 0. The number of benzene rings is 1. The molecule has 0 spiro atoms. The van der Waals surface area contributed by atoms with Crippen LogP contribution in [-0.2, 0) is 6.54 Å². The standard InChI is InChI=1S/C14H20N2OS/c1-3-7-18-8-6-16-10-13-5-4-12(14(15)17)9-11(13)2/h3-5,9,16H,1,6-8,10H2,2H3,(H2,15,17). The number of aryl methyl sites for hydroxylation is 1. The zero-order valence-corrected chi connectivity index (χ0v) is 11.6. The third kappa shape index (κ3) is 4.94. The Morgan fingerprint density at radius 1 is 1.56 bits per heavy atom. The first-order valence-corrected chi connectivity index (χ1v) is 7.09. The number of carbonyl (C=O) groups excluding carboxylic acids is 1. The number of carbonyl (C=O) groups is 1. The zero-order chi connectivity index (χ0) is 13.4. The molecule has 0 aliphatic heterocycles. The Labute approximate surface area is 113 Å². The van der Waals surface area contributed by atoms with Gasteiger partial charge in [0, 0.05) is 30.2 Å². The highest BCUT2D eigenvalue weighted by Crippen LogP contribution is 2.10. The molecule has 4 heteroatoms. The molecular weight excluding hydrogens is 244 g/mol. The molecule has 0 aliphatic rings. The van der Waals surface area contributed by atoms with E-state index in [0.29, 0.717) is 5.56 Å². The lowest BCUT2D eigenvalue weighted by atomic mass is 10.0. The van der Waals surface area contributed by atoms with Crippen LogP contribution in [0.1, 0.15) is 21.5 Å². The van der Waals surface area contributed by atoms with E-state index >= 15 is 0 Å². The Morgan fingerprint density at radius 3 is 2.94 bits per heavy atom. The van der Waals surface area contributed by atoms with Gasteiger partial charge in [0.1, 0.15) is 0 Å². The van der Waals surface area contributed by atoms with Crippen molar-refractivity contribution >= 4 is 17.7 Å². The molecule has 0 saturated carbocycles. The van der Waals surface area contributed by atoms with Crippen LogP contribution in [-0.4, -0.2) is 24.0 Å². The van der Waals surface area contributed by atoms with Crippen LogP contribution in [0.15, 0.2) is 30.9 Å². The number of nitrogens with one attached hydrogen (secondary N) is 1. The molecule has 0 atom stereocenters. The second-order valence-electron chi connectivity index (χ2n) is 4.05. The summed E-state index contributed by atoms with van der Waals surface area (Å²) in [4.78, 5) is 11.0. The van der Waals surface area contributed by atoms with Crippen LogP contribution in [0.5, 0.6) is 0 Å². The summed E-state index contributed by atoms with van der Waals surface area (Å²) in [5.41, 5.74) is 8.10. The van der Waals surface area contributed by atoms with Gasteiger partial charge in [-0.05, 0) is 30.2 Å². The predicted octanol–water partition coefficient (Wildman–Crippen LogP) is 2.10. The molecule has 0 unspecified atom stereocenters. The van der Waals surface area contributed by atoms with Gasteiger partial charge < -0.3 is 11.1 Å². The third-order valence-corrected chi connectivity index (χ3v) is 3.57. The Hall–Kier alpha value is -1.26. The summed E-state index contributed by atoms with van der Waals surface area (Å²) in [6.45, 7) is 7.46. The SMILES string of the molecule is C=CCSCCNCc1ccc(C(N)=O)cc1C. The van der Waals surface area contributed by atoms with Crippen molar-refractivity contribution in [2.75, 3.05) is 18.1 Å². The van der Waals surface area contributed by atoms with E-state index in [1.165, 1.54) is 5.56 Å². The van der Waals surface area contributed by atoms with Gasteiger partial charge in [-0.15, -0.1) is 6.58 Å². The minimum Gasteiger partial charge on any atom is -0.366 e. The van der Waals surface area contributed by atoms with Crippen molar-refractivity contribution in [3.8, 4) is 0 Å². The van der Waals surface area contributed by atoms with Crippen molar-refractivity contribution in [2.24, 2.45) is 5.73 Å². The summed E-state index contributed by atoms with van der Waals surface area (Å²) >= 11 is 1.86. The number of nitrogens with two attached hydrogens (primary N) is 1. The fourth-order valence-corrected chi connectivity index (χ4v) is 2.20. The summed E-state index contributed by atoms with van der Waals surface area (Å²) in [6.07, 6.45) is 1.91. The maximum absolute atomic E-state index is 11.0. The number of amides is 1. The molecule has 0 aromatic heterocycles. The monoisotopic (exact) mass is 264 g/mol. The van der Waals surface area contributed by atoms with Crippen LogP contribution in [0, 0.1) is 6.92 Å². The first-order valence-electron chi connectivity index (χ1n) is 5.94. The highest BCUT2D eigenvalue weighted by atomic mass is 32.2. The van der Waals surface area contributed by atoms with E-state index < -0.39 is 0 Å². The van der Waals surface area contributed by atoms with Crippen molar-refractivity contribution in [1.82, 2.24) is 5.32 Å². The molecule has 1 amide bonds. The summed E-state index contributed by atoms with van der Waals surface area (Å²) in [5, 5.41) is 3.38. The van der Waals surface area contributed by atoms with Crippen molar-refractivity contribution in [3.63, 3.8) is 0 Å². The Kier molecular flexibility index (Phi) is 6.54. The van der Waals surface area contributed by atoms with E-state index in [1.807, 2.05) is 36.9 Å². The molecule has 98 valence electrons. The van der Waals surface area contributed by atoms with Gasteiger partial charge in [-0.1, -0.05) is 12.1 Å². The van der Waals surface area contributed by atoms with E-state index in [4.69, 9.17) is 5.73 Å². The van der Waals surface area contributed by atoms with Crippen LogP contribution in [0.2, 0.25) is 0 Å². The number of thioether (sulfide) groups is 1. The lowest BCUT2D eigenvalue weighted by Gasteiger charge is -2.08. The first-order chi connectivity index (χ1) is 8.65. The molecule has 0 fully saturated rings. The van der Waals surface area contributed by atoms with E-state index in [9.17, 15) is 4.79 Å². The van der Waals surface area contributed by atoms with Crippen molar-refractivity contribution < 1.29 is 4.79 Å². The number of primary amides is 1. The second kappa shape index (κ2) is 7.95. The van der Waals surface area contributed by atoms with Crippen LogP contribution < -0.4 is 11.1 Å². The van der Waals surface area contributed by atoms with Crippen LogP contribution in [0.4, 0.5) is 0 Å². The Morgan fingerprint density at radius 2 is 2.33 bits per heavy atom. The molecule has 18 heavy (non-hydrogen) atoms. The van der Waals surface area contributed by atoms with Gasteiger partial charge in [0.15, 0.2) is 0 Å². The van der Waals surface area contributed by atoms with Crippen molar-refractivity contribution in [3.05, 3.63) is 47.5 Å². The van der Waals surface area contributed by atoms with Crippen LogP contribution >= 0.6 is 11.8 Å². The lowest BCUT2D eigenvalue weighted by Crippen LogP contribution is -2.18. The molecule has 1 aromatic rings. The zero-order valence-electron chi connectivity index (χ0n) is 10.7. The second-order valence-corrected chi connectivity index (χ2v) is 5.20. The molecule has 3 nitrogen and oxygen atoms in total. The van der Waals surface area contributed by atoms with E-state index in [1.54, 1.807) is 6.07 Å². The maximum atomic E-state index is 11.0. The number of hydrogen-bond acceptors (Lipinski definition) is 3. The molecule has 0 heterocycles. The largest absolute Gasteiger partial charge is 0.366 e. The van der Waals surface area contributed by atoms with Gasteiger partial charge in [0.05, 0.1) is 0 Å². The predicted molar refractivity (Wildman–Crippen MR) is 78.9 cm³/mol. The highest BCUT2D eigenvalue weighted by molar-refractivity contribution is 7.99. The average Bonchev–Trinajstić information content (AvgIpc) is 2.35. The fraction of sp³-hybridized carbons (Fsp3) is 0.357. The summed E-state index contributed by atoms with van der Waals surface area (Å²) in [5.74, 6) is 1.69. The summed E-state index contributed by atoms with van der Waals surface area (Å²) in [7, 11) is 0. The third-order valence-electron chi connectivity index (χ3n) is 2.60.